The van der Waals surface area contributed by atoms with Crippen LogP contribution >= 0.6 is 0 Å². The largest absolute Gasteiger partial charge is 0.368 e. The average Bonchev–Trinajstić information content (AvgIpc) is 2.80. The number of para-hydroxylation sites is 1. The molecule has 4 rings (SSSR count). The summed E-state index contributed by atoms with van der Waals surface area (Å²) in [5, 5.41) is 0. The van der Waals surface area contributed by atoms with Gasteiger partial charge < -0.3 is 9.80 Å². The molecule has 0 saturated carbocycles. The van der Waals surface area contributed by atoms with Gasteiger partial charge >= 0.3 is 0 Å². The van der Waals surface area contributed by atoms with Crippen LogP contribution in [0.15, 0.2) is 42.7 Å². The van der Waals surface area contributed by atoms with E-state index in [9.17, 15) is 18.0 Å². The number of nitrogens with one attached hydrogen (secondary N) is 1. The Bertz CT molecular complexity index is 1040. The number of nitrogens with zero attached hydrogens (tertiary/aromatic N) is 5. The third kappa shape index (κ3) is 5.34. The minimum atomic E-state index is -3.75. The quantitative estimate of drug-likeness (QED) is 0.613. The minimum Gasteiger partial charge on any atom is -0.368 e. The van der Waals surface area contributed by atoms with Crippen LogP contribution in [0.2, 0.25) is 0 Å². The molecule has 2 aliphatic rings. The maximum atomic E-state index is 12.4. The lowest BCUT2D eigenvalue weighted by atomic mass is 10.1. The van der Waals surface area contributed by atoms with Crippen LogP contribution in [0.25, 0.3) is 0 Å². The van der Waals surface area contributed by atoms with Gasteiger partial charge in [-0.3, -0.25) is 19.2 Å². The Morgan fingerprint density at radius 3 is 2.09 bits per heavy atom. The maximum absolute atomic E-state index is 12.4. The molecule has 0 aliphatic carbocycles. The summed E-state index contributed by atoms with van der Waals surface area (Å²) in [7, 11) is -3.75. The number of anilines is 3. The molecule has 1 aromatic heterocycles. The van der Waals surface area contributed by atoms with Gasteiger partial charge in [0.05, 0.1) is 23.8 Å². The monoisotopic (exact) mass is 458 g/mol. The first kappa shape index (κ1) is 22.0. The van der Waals surface area contributed by atoms with Gasteiger partial charge in [-0.2, -0.15) is 0 Å². The van der Waals surface area contributed by atoms with Gasteiger partial charge in [0.15, 0.2) is 0 Å². The molecule has 2 saturated heterocycles. The topological polar surface area (TPSA) is 116 Å². The summed E-state index contributed by atoms with van der Waals surface area (Å²) in [5.74, 6) is -0.466. The second kappa shape index (κ2) is 9.51. The van der Waals surface area contributed by atoms with Crippen LogP contribution in [0.5, 0.6) is 0 Å². The van der Waals surface area contributed by atoms with Crippen LogP contribution in [-0.4, -0.2) is 73.6 Å². The van der Waals surface area contributed by atoms with Crippen molar-refractivity contribution in [3.63, 3.8) is 0 Å². The summed E-state index contributed by atoms with van der Waals surface area (Å²) in [6, 6.07) is 10.2. The lowest BCUT2D eigenvalue weighted by Gasteiger charge is -2.36. The molecule has 0 atom stereocenters. The number of carbonyl (C=O) groups is 2. The van der Waals surface area contributed by atoms with Crippen molar-refractivity contribution in [2.24, 2.45) is 0 Å². The summed E-state index contributed by atoms with van der Waals surface area (Å²) in [6.07, 6.45) is 3.92. The standard InChI is InChI=1S/C21H26N6O4S/c28-19-7-4-8-20(29)27(19)13-14-32(30,31)24-17-15-22-21(23-16-17)26-11-9-25(10-12-26)18-5-2-1-3-6-18/h1-3,5-6,15-16,24H,4,7-14H2. The summed E-state index contributed by atoms with van der Waals surface area (Å²) < 4.78 is 27.2. The third-order valence-electron chi connectivity index (χ3n) is 5.56. The van der Waals surface area contributed by atoms with Crippen LogP contribution in [0.1, 0.15) is 19.3 Å². The van der Waals surface area contributed by atoms with E-state index in [1.807, 2.05) is 18.2 Å². The van der Waals surface area contributed by atoms with E-state index in [0.29, 0.717) is 12.4 Å². The number of hydrogen-bond donors (Lipinski definition) is 1. The van der Waals surface area contributed by atoms with Gasteiger partial charge in [0, 0.05) is 51.3 Å². The number of benzene rings is 1. The Morgan fingerprint density at radius 1 is 0.875 bits per heavy atom. The average molecular weight is 459 g/mol. The molecule has 0 radical (unpaired) electrons. The second-order valence-corrected chi connectivity index (χ2v) is 9.64. The Kier molecular flexibility index (Phi) is 6.54. The number of rotatable bonds is 7. The smallest absolute Gasteiger partial charge is 0.234 e. The third-order valence-corrected chi connectivity index (χ3v) is 6.83. The predicted molar refractivity (Wildman–Crippen MR) is 121 cm³/mol. The first-order valence-corrected chi connectivity index (χ1v) is 12.3. The van der Waals surface area contributed by atoms with Gasteiger partial charge in [-0.05, 0) is 18.6 Å². The van der Waals surface area contributed by atoms with E-state index in [4.69, 9.17) is 0 Å². The summed E-state index contributed by atoms with van der Waals surface area (Å²) in [5.41, 5.74) is 1.43. The number of piperidine rings is 1. The fourth-order valence-corrected chi connectivity index (χ4v) is 4.82. The van der Waals surface area contributed by atoms with Crippen molar-refractivity contribution in [1.29, 1.82) is 0 Å². The van der Waals surface area contributed by atoms with Crippen molar-refractivity contribution in [3.05, 3.63) is 42.7 Å². The molecule has 2 amide bonds. The Morgan fingerprint density at radius 2 is 1.47 bits per heavy atom. The molecule has 0 bridgehead atoms. The molecule has 10 nitrogen and oxygen atoms in total. The fourth-order valence-electron chi connectivity index (χ4n) is 3.83. The molecule has 11 heteroatoms. The van der Waals surface area contributed by atoms with Gasteiger partial charge in [-0.25, -0.2) is 18.4 Å². The van der Waals surface area contributed by atoms with Crippen molar-refractivity contribution >= 4 is 39.2 Å². The van der Waals surface area contributed by atoms with Crippen LogP contribution in [0.4, 0.5) is 17.3 Å². The van der Waals surface area contributed by atoms with Gasteiger partial charge in [0.25, 0.3) is 0 Å². The van der Waals surface area contributed by atoms with Crippen molar-refractivity contribution in [2.45, 2.75) is 19.3 Å². The van der Waals surface area contributed by atoms with Crippen LogP contribution in [0.3, 0.4) is 0 Å². The molecule has 32 heavy (non-hydrogen) atoms. The SMILES string of the molecule is O=C1CCCC(=O)N1CCS(=O)(=O)Nc1cnc(N2CCN(c3ccccc3)CC2)nc1. The summed E-state index contributed by atoms with van der Waals surface area (Å²) >= 11 is 0. The first-order chi connectivity index (χ1) is 15.4. The zero-order valence-corrected chi connectivity index (χ0v) is 18.5. The van der Waals surface area contributed by atoms with E-state index in [0.717, 1.165) is 31.1 Å². The highest BCUT2D eigenvalue weighted by Crippen LogP contribution is 2.19. The Hall–Kier alpha value is -3.21. The highest BCUT2D eigenvalue weighted by molar-refractivity contribution is 7.92. The number of imide groups is 1. The van der Waals surface area contributed by atoms with Crippen molar-refractivity contribution < 1.29 is 18.0 Å². The predicted octanol–water partition coefficient (Wildman–Crippen LogP) is 1.08. The molecule has 0 spiro atoms. The van der Waals surface area contributed by atoms with Gasteiger partial charge in [-0.15, -0.1) is 0 Å². The molecule has 2 aromatic rings. The van der Waals surface area contributed by atoms with Crippen molar-refractivity contribution in [2.75, 3.05) is 53.0 Å². The Labute approximate surface area is 187 Å². The van der Waals surface area contributed by atoms with E-state index < -0.39 is 10.0 Å². The highest BCUT2D eigenvalue weighted by atomic mass is 32.2. The highest BCUT2D eigenvalue weighted by Gasteiger charge is 2.27. The number of carbonyl (C=O) groups excluding carboxylic acids is 2. The summed E-state index contributed by atoms with van der Waals surface area (Å²) in [6.45, 7) is 3.05. The van der Waals surface area contributed by atoms with Gasteiger partial charge in [0.1, 0.15) is 0 Å². The molecule has 1 aromatic carbocycles. The number of aromatic nitrogens is 2. The second-order valence-electron chi connectivity index (χ2n) is 7.79. The molecule has 3 heterocycles. The van der Waals surface area contributed by atoms with Crippen molar-refractivity contribution in [3.8, 4) is 0 Å². The number of hydrogen-bond acceptors (Lipinski definition) is 8. The maximum Gasteiger partial charge on any atom is 0.234 e. The Balaban J connectivity index is 1.30. The van der Waals surface area contributed by atoms with Gasteiger partial charge in [-0.1, -0.05) is 18.2 Å². The normalized spacial score (nSPS) is 17.6. The number of likely N-dealkylation sites (tertiary alicyclic amines) is 1. The zero-order valence-electron chi connectivity index (χ0n) is 17.7. The lowest BCUT2D eigenvalue weighted by molar-refractivity contribution is -0.147. The minimum absolute atomic E-state index is 0.155. The lowest BCUT2D eigenvalue weighted by Crippen LogP contribution is -2.47. The number of amides is 2. The number of piperazine rings is 1. The van der Waals surface area contributed by atoms with E-state index in [1.165, 1.54) is 18.1 Å². The molecular weight excluding hydrogens is 432 g/mol. The van der Waals surface area contributed by atoms with E-state index in [-0.39, 0.29) is 42.6 Å². The van der Waals surface area contributed by atoms with Crippen LogP contribution in [-0.2, 0) is 19.6 Å². The fraction of sp³-hybridized carbons (Fsp3) is 0.429. The molecule has 2 fully saturated rings. The van der Waals surface area contributed by atoms with Crippen molar-refractivity contribution in [1.82, 2.24) is 14.9 Å². The molecule has 1 N–H and O–H groups in total. The molecule has 2 aliphatic heterocycles. The molecule has 0 unspecified atom stereocenters. The zero-order chi connectivity index (χ0) is 22.6. The van der Waals surface area contributed by atoms with E-state index in [2.05, 4.69) is 36.6 Å². The van der Waals surface area contributed by atoms with E-state index in [1.54, 1.807) is 0 Å². The molecule has 170 valence electrons. The van der Waals surface area contributed by atoms with E-state index >= 15 is 0 Å². The summed E-state index contributed by atoms with van der Waals surface area (Å²) in [4.78, 5) is 37.7. The molecular formula is C21H26N6O4S. The first-order valence-electron chi connectivity index (χ1n) is 10.6. The number of sulfonamides is 1. The van der Waals surface area contributed by atoms with Crippen LogP contribution in [0, 0.1) is 0 Å². The van der Waals surface area contributed by atoms with Crippen LogP contribution < -0.4 is 14.5 Å². The van der Waals surface area contributed by atoms with Gasteiger partial charge in [0.2, 0.25) is 27.8 Å².